The van der Waals surface area contributed by atoms with Crippen LogP contribution >= 0.6 is 0 Å². The maximum atomic E-state index is 11.0. The Kier molecular flexibility index (Phi) is 2.37. The average molecular weight is 126 g/mol. The van der Waals surface area contributed by atoms with E-state index < -0.39 is 6.36 Å². The predicted molar refractivity (Wildman–Crippen MR) is 22.0 cm³/mol. The number of allylic oxidation sites excluding steroid dienone is 1. The zero-order valence-electron chi connectivity index (χ0n) is 4.20. The minimum atomic E-state index is -4.54. The molecule has 0 amide bonds. The van der Waals surface area contributed by atoms with Crippen LogP contribution in [0.1, 0.15) is 6.92 Å². The summed E-state index contributed by atoms with van der Waals surface area (Å²) in [6.07, 6.45) is -2.79. The van der Waals surface area contributed by atoms with E-state index in [0.29, 0.717) is 6.26 Å². The molecule has 0 aliphatic carbocycles. The van der Waals surface area contributed by atoms with Gasteiger partial charge in [0.05, 0.1) is 6.26 Å². The van der Waals surface area contributed by atoms with Gasteiger partial charge in [0, 0.05) is 0 Å². The van der Waals surface area contributed by atoms with E-state index in [1.54, 1.807) is 0 Å². The van der Waals surface area contributed by atoms with Crippen molar-refractivity contribution in [2.24, 2.45) is 0 Å². The van der Waals surface area contributed by atoms with Crippen molar-refractivity contribution in [3.63, 3.8) is 0 Å². The Morgan fingerprint density at radius 1 is 1.38 bits per heavy atom. The summed E-state index contributed by atoms with van der Waals surface area (Å²) in [4.78, 5) is 0. The van der Waals surface area contributed by atoms with Crippen LogP contribution in [0.4, 0.5) is 13.2 Å². The summed E-state index contributed by atoms with van der Waals surface area (Å²) < 4.78 is 36.1. The maximum absolute atomic E-state index is 11.0. The highest BCUT2D eigenvalue weighted by molar-refractivity contribution is 4.65. The van der Waals surface area contributed by atoms with Gasteiger partial charge in [-0.3, -0.25) is 0 Å². The molecule has 0 saturated carbocycles. The lowest BCUT2D eigenvalue weighted by molar-refractivity contribution is -0.298. The van der Waals surface area contributed by atoms with Crippen molar-refractivity contribution in [3.05, 3.63) is 12.3 Å². The predicted octanol–water partition coefficient (Wildman–Crippen LogP) is 2.06. The van der Waals surface area contributed by atoms with Gasteiger partial charge in [-0.2, -0.15) is 0 Å². The lowest BCUT2D eigenvalue weighted by Gasteiger charge is -2.01. The molecule has 8 heavy (non-hydrogen) atoms. The fourth-order valence-corrected chi connectivity index (χ4v) is 0.145. The Bertz CT molecular complexity index is 83.8. The Balaban J connectivity index is 3.39. The first-order valence-electron chi connectivity index (χ1n) is 1.92. The summed E-state index contributed by atoms with van der Waals surface area (Å²) in [7, 11) is 0. The molecule has 0 rings (SSSR count). The van der Waals surface area contributed by atoms with Gasteiger partial charge in [0.25, 0.3) is 0 Å². The fraction of sp³-hybridized carbons (Fsp3) is 0.500. The molecule has 0 bridgehead atoms. The van der Waals surface area contributed by atoms with Gasteiger partial charge in [0.1, 0.15) is 0 Å². The molecule has 0 heterocycles. The molecule has 48 valence electrons. The molecule has 0 fully saturated rings. The van der Waals surface area contributed by atoms with Gasteiger partial charge in [-0.1, -0.05) is 6.08 Å². The smallest absolute Gasteiger partial charge is 0.414 e. The lowest BCUT2D eigenvalue weighted by atomic mass is 10.7. The molecule has 0 saturated heterocycles. The van der Waals surface area contributed by atoms with Crippen molar-refractivity contribution in [2.45, 2.75) is 13.3 Å². The minimum Gasteiger partial charge on any atom is -0.414 e. The highest BCUT2D eigenvalue weighted by Crippen LogP contribution is 2.15. The van der Waals surface area contributed by atoms with Crippen molar-refractivity contribution in [1.29, 1.82) is 0 Å². The third-order valence-corrected chi connectivity index (χ3v) is 0.338. The van der Waals surface area contributed by atoms with Crippen molar-refractivity contribution in [3.8, 4) is 0 Å². The molecular formula is C4H5F3O. The van der Waals surface area contributed by atoms with Crippen LogP contribution in [-0.2, 0) is 4.74 Å². The van der Waals surface area contributed by atoms with Crippen LogP contribution in [0, 0.1) is 0 Å². The first-order chi connectivity index (χ1) is 3.56. The van der Waals surface area contributed by atoms with Gasteiger partial charge in [0.15, 0.2) is 0 Å². The third-order valence-electron chi connectivity index (χ3n) is 0.338. The number of hydrogen-bond donors (Lipinski definition) is 0. The molecule has 0 aromatic carbocycles. The molecule has 0 spiro atoms. The van der Waals surface area contributed by atoms with Gasteiger partial charge in [-0.05, 0) is 6.92 Å². The third kappa shape index (κ3) is 5.33. The summed E-state index contributed by atoms with van der Waals surface area (Å²) in [6.45, 7) is 1.44. The second kappa shape index (κ2) is 2.59. The first kappa shape index (κ1) is 7.33. The van der Waals surface area contributed by atoms with Crippen LogP contribution in [0.15, 0.2) is 12.3 Å². The maximum Gasteiger partial charge on any atom is 0.572 e. The van der Waals surface area contributed by atoms with E-state index in [0.717, 1.165) is 6.08 Å². The molecule has 0 atom stereocenters. The Hall–Kier alpha value is -0.670. The van der Waals surface area contributed by atoms with Gasteiger partial charge < -0.3 is 4.74 Å². The molecule has 1 nitrogen and oxygen atoms in total. The molecule has 0 unspecified atom stereocenters. The number of hydrogen-bond acceptors (Lipinski definition) is 1. The van der Waals surface area contributed by atoms with Crippen molar-refractivity contribution >= 4 is 0 Å². The number of ether oxygens (including phenoxy) is 1. The second-order valence-electron chi connectivity index (χ2n) is 1.03. The van der Waals surface area contributed by atoms with Crippen molar-refractivity contribution < 1.29 is 17.9 Å². The molecule has 0 radical (unpaired) electrons. The minimum absolute atomic E-state index is 0.583. The quantitative estimate of drug-likeness (QED) is 0.488. The lowest BCUT2D eigenvalue weighted by Crippen LogP contribution is -2.07. The highest BCUT2D eigenvalue weighted by Gasteiger charge is 2.28. The van der Waals surface area contributed by atoms with Gasteiger partial charge in [-0.25, -0.2) is 0 Å². The average Bonchev–Trinajstić information content (AvgIpc) is 1.59. The van der Waals surface area contributed by atoms with Crippen LogP contribution in [0.5, 0.6) is 0 Å². The summed E-state index contributed by atoms with van der Waals surface area (Å²) in [5.41, 5.74) is 0. The molecule has 4 heteroatoms. The van der Waals surface area contributed by atoms with E-state index in [9.17, 15) is 13.2 Å². The second-order valence-corrected chi connectivity index (χ2v) is 1.03. The van der Waals surface area contributed by atoms with E-state index in [1.807, 2.05) is 0 Å². The van der Waals surface area contributed by atoms with E-state index in [1.165, 1.54) is 6.92 Å². The zero-order chi connectivity index (χ0) is 6.62. The first-order valence-corrected chi connectivity index (χ1v) is 1.92. The molecule has 0 N–H and O–H groups in total. The van der Waals surface area contributed by atoms with Gasteiger partial charge >= 0.3 is 6.36 Å². The summed E-state index contributed by atoms with van der Waals surface area (Å²) in [5, 5.41) is 0. The van der Waals surface area contributed by atoms with E-state index >= 15 is 0 Å². The van der Waals surface area contributed by atoms with Crippen LogP contribution in [0.2, 0.25) is 0 Å². The highest BCUT2D eigenvalue weighted by atomic mass is 19.4. The Labute approximate surface area is 44.8 Å². The summed E-state index contributed by atoms with van der Waals surface area (Å²) in [5.74, 6) is 0. The van der Waals surface area contributed by atoms with E-state index in [-0.39, 0.29) is 0 Å². The van der Waals surface area contributed by atoms with Crippen LogP contribution in [0.3, 0.4) is 0 Å². The summed E-state index contributed by atoms with van der Waals surface area (Å²) >= 11 is 0. The largest absolute Gasteiger partial charge is 0.572 e. The Morgan fingerprint density at radius 3 is 2.00 bits per heavy atom. The van der Waals surface area contributed by atoms with Crippen LogP contribution in [-0.4, -0.2) is 6.36 Å². The normalized spacial score (nSPS) is 12.5. The fourth-order valence-electron chi connectivity index (χ4n) is 0.145. The molecule has 0 aliphatic heterocycles. The monoisotopic (exact) mass is 126 g/mol. The molecule has 0 aromatic heterocycles. The van der Waals surface area contributed by atoms with Gasteiger partial charge in [0.2, 0.25) is 0 Å². The molecule has 0 aliphatic rings. The summed E-state index contributed by atoms with van der Waals surface area (Å²) in [6, 6.07) is 0. The van der Waals surface area contributed by atoms with Crippen LogP contribution in [0.25, 0.3) is 0 Å². The number of alkyl halides is 3. The standard InChI is InChI=1S/C4H5F3O/c1-2-3-8-4(5,6)7/h2-3H,1H3. The van der Waals surface area contributed by atoms with E-state index in [2.05, 4.69) is 4.74 Å². The Morgan fingerprint density at radius 2 is 1.88 bits per heavy atom. The molecule has 0 aromatic rings. The topological polar surface area (TPSA) is 9.23 Å². The molecular weight excluding hydrogens is 121 g/mol. The van der Waals surface area contributed by atoms with Gasteiger partial charge in [-0.15, -0.1) is 13.2 Å². The number of halogens is 3. The van der Waals surface area contributed by atoms with Crippen molar-refractivity contribution in [2.75, 3.05) is 0 Å². The number of rotatable bonds is 1. The van der Waals surface area contributed by atoms with E-state index in [4.69, 9.17) is 0 Å². The van der Waals surface area contributed by atoms with Crippen molar-refractivity contribution in [1.82, 2.24) is 0 Å². The SMILES string of the molecule is CC=COC(F)(F)F. The van der Waals surface area contributed by atoms with Crippen LogP contribution < -0.4 is 0 Å². The zero-order valence-corrected chi connectivity index (χ0v) is 4.20.